The van der Waals surface area contributed by atoms with Gasteiger partial charge in [-0.05, 0) is 104 Å². The second kappa shape index (κ2) is 5.96. The monoisotopic (exact) mass is 386 g/mol. The van der Waals surface area contributed by atoms with E-state index in [9.17, 15) is 9.90 Å². The first kappa shape index (κ1) is 16.8. The van der Waals surface area contributed by atoms with Crippen molar-refractivity contribution in [2.45, 2.75) is 87.4 Å². The largest absolute Gasteiger partial charge is 0.390 e. The molecule has 4 nitrogen and oxygen atoms in total. The van der Waals surface area contributed by atoms with Crippen molar-refractivity contribution >= 4 is 17.4 Å². The second-order valence-electron chi connectivity index (χ2n) is 10.2. The molecule has 5 atom stereocenters. The van der Waals surface area contributed by atoms with Gasteiger partial charge in [0, 0.05) is 18.1 Å². The van der Waals surface area contributed by atoms with Crippen molar-refractivity contribution in [1.82, 2.24) is 10.2 Å². The lowest BCUT2D eigenvalue weighted by molar-refractivity contribution is -0.137. The summed E-state index contributed by atoms with van der Waals surface area (Å²) in [6.07, 6.45) is 9.79. The maximum atomic E-state index is 13.3. The number of carbonyl (C=O) groups excluding carboxylic acids is 1. The van der Waals surface area contributed by atoms with Crippen molar-refractivity contribution in [2.75, 3.05) is 0 Å². The van der Waals surface area contributed by atoms with E-state index < -0.39 is 5.60 Å². The fourth-order valence-corrected chi connectivity index (χ4v) is 8.46. The third kappa shape index (κ3) is 2.68. The lowest BCUT2D eigenvalue weighted by Gasteiger charge is -2.58. The van der Waals surface area contributed by atoms with Crippen LogP contribution in [0.3, 0.4) is 0 Å². The van der Waals surface area contributed by atoms with Crippen LogP contribution in [0.25, 0.3) is 0 Å². The number of amides is 2. The van der Waals surface area contributed by atoms with Crippen LogP contribution in [-0.2, 0) is 0 Å². The quantitative estimate of drug-likeness (QED) is 0.804. The van der Waals surface area contributed by atoms with Gasteiger partial charge in [-0.3, -0.25) is 0 Å². The molecule has 6 aliphatic rings. The standard InChI is InChI=1S/C22H30N2O2S/c25-21(23-20-16-5-13-6-17(20)11-22(26,9-13)10-16)24-18-1-2-19(24)8-15(7-18)14-3-4-27-12-14/h3-4,12-13,15-20,26H,1-2,5-11H2,(H,23,25)/t13?,15?,16?,17?,18-,19?,20?,22?/m0/s1. The number of nitrogens with zero attached hydrogens (tertiary/aromatic N) is 1. The Hall–Kier alpha value is -1.07. The molecule has 4 unspecified atom stereocenters. The molecule has 1 aromatic rings. The van der Waals surface area contributed by atoms with Crippen LogP contribution >= 0.6 is 11.3 Å². The molecule has 0 radical (unpaired) electrons. The molecule has 6 fully saturated rings. The van der Waals surface area contributed by atoms with Crippen LogP contribution in [0.4, 0.5) is 4.79 Å². The Labute approximate surface area is 165 Å². The fraction of sp³-hybridized carbons (Fsp3) is 0.773. The van der Waals surface area contributed by atoms with Crippen LogP contribution in [0.1, 0.15) is 69.3 Å². The summed E-state index contributed by atoms with van der Waals surface area (Å²) in [5.74, 6) is 2.31. The molecule has 4 aliphatic carbocycles. The van der Waals surface area contributed by atoms with Crippen molar-refractivity contribution in [3.05, 3.63) is 22.4 Å². The molecular weight excluding hydrogens is 356 g/mol. The molecule has 3 heterocycles. The van der Waals surface area contributed by atoms with E-state index in [0.717, 1.165) is 44.9 Å². The number of carbonyl (C=O) groups is 1. The summed E-state index contributed by atoms with van der Waals surface area (Å²) in [5, 5.41) is 18.7. The number of urea groups is 1. The summed E-state index contributed by atoms with van der Waals surface area (Å²) in [4.78, 5) is 15.5. The molecule has 27 heavy (non-hydrogen) atoms. The first-order valence-electron chi connectivity index (χ1n) is 10.9. The highest BCUT2D eigenvalue weighted by Crippen LogP contribution is 2.55. The summed E-state index contributed by atoms with van der Waals surface area (Å²) >= 11 is 1.79. The SMILES string of the molecule is O=C(NC1C2CC3CC1CC(O)(C3)C2)N1C2CC[C@H]1CC(c1ccsc1)C2. The zero-order valence-electron chi connectivity index (χ0n) is 15.8. The summed E-state index contributed by atoms with van der Waals surface area (Å²) < 4.78 is 0. The highest BCUT2D eigenvalue weighted by atomic mass is 32.1. The molecule has 6 bridgehead atoms. The van der Waals surface area contributed by atoms with Crippen molar-refractivity contribution in [2.24, 2.45) is 17.8 Å². The number of rotatable bonds is 2. The van der Waals surface area contributed by atoms with Gasteiger partial charge in [-0.25, -0.2) is 4.79 Å². The van der Waals surface area contributed by atoms with Crippen LogP contribution < -0.4 is 5.32 Å². The van der Waals surface area contributed by atoms with Gasteiger partial charge in [0.2, 0.25) is 0 Å². The number of hydrogen-bond acceptors (Lipinski definition) is 3. The molecule has 4 saturated carbocycles. The van der Waals surface area contributed by atoms with Gasteiger partial charge in [-0.1, -0.05) is 0 Å². The maximum Gasteiger partial charge on any atom is 0.318 e. The number of piperidine rings is 1. The lowest BCUT2D eigenvalue weighted by Crippen LogP contribution is -2.63. The first-order chi connectivity index (χ1) is 13.1. The van der Waals surface area contributed by atoms with Crippen LogP contribution in [0.2, 0.25) is 0 Å². The number of aliphatic hydroxyl groups is 1. The summed E-state index contributed by atoms with van der Waals surface area (Å²) in [7, 11) is 0. The van der Waals surface area contributed by atoms with Crippen LogP contribution in [-0.4, -0.2) is 39.8 Å². The second-order valence-corrected chi connectivity index (χ2v) is 11.0. The zero-order chi connectivity index (χ0) is 18.2. The average molecular weight is 387 g/mol. The van der Waals surface area contributed by atoms with E-state index in [4.69, 9.17) is 0 Å². The van der Waals surface area contributed by atoms with E-state index in [0.29, 0.717) is 41.8 Å². The van der Waals surface area contributed by atoms with Gasteiger partial charge >= 0.3 is 6.03 Å². The highest BCUT2D eigenvalue weighted by molar-refractivity contribution is 7.07. The normalized spacial score (nSPS) is 47.4. The molecule has 0 aromatic carbocycles. The topological polar surface area (TPSA) is 52.6 Å². The van der Waals surface area contributed by atoms with Gasteiger partial charge in [-0.2, -0.15) is 11.3 Å². The van der Waals surface area contributed by atoms with Gasteiger partial charge in [0.25, 0.3) is 0 Å². The molecular formula is C22H30N2O2S. The average Bonchev–Trinajstić information content (AvgIpc) is 3.23. The lowest BCUT2D eigenvalue weighted by atomic mass is 9.52. The minimum Gasteiger partial charge on any atom is -0.390 e. The Kier molecular flexibility index (Phi) is 3.72. The van der Waals surface area contributed by atoms with Gasteiger partial charge in [0.05, 0.1) is 5.60 Å². The molecule has 2 N–H and O–H groups in total. The van der Waals surface area contributed by atoms with Crippen LogP contribution in [0.5, 0.6) is 0 Å². The van der Waals surface area contributed by atoms with Crippen molar-refractivity contribution < 1.29 is 9.90 Å². The molecule has 2 saturated heterocycles. The summed E-state index contributed by atoms with van der Waals surface area (Å²) in [6.45, 7) is 0. The van der Waals surface area contributed by atoms with Gasteiger partial charge in [0.1, 0.15) is 0 Å². The van der Waals surface area contributed by atoms with Crippen molar-refractivity contribution in [3.63, 3.8) is 0 Å². The molecule has 2 amide bonds. The number of nitrogens with one attached hydrogen (secondary N) is 1. The fourth-order valence-electron chi connectivity index (χ4n) is 7.72. The predicted molar refractivity (Wildman–Crippen MR) is 106 cm³/mol. The van der Waals surface area contributed by atoms with Gasteiger partial charge in [-0.15, -0.1) is 0 Å². The van der Waals surface area contributed by atoms with E-state index in [1.54, 1.807) is 11.3 Å². The zero-order valence-corrected chi connectivity index (χ0v) is 16.7. The van der Waals surface area contributed by atoms with Crippen LogP contribution in [0, 0.1) is 17.8 Å². The molecule has 146 valence electrons. The van der Waals surface area contributed by atoms with Crippen molar-refractivity contribution in [1.29, 1.82) is 0 Å². The van der Waals surface area contributed by atoms with E-state index >= 15 is 0 Å². The van der Waals surface area contributed by atoms with Crippen molar-refractivity contribution in [3.8, 4) is 0 Å². The Morgan fingerprint density at radius 3 is 2.41 bits per heavy atom. The minimum absolute atomic E-state index is 0.190. The van der Waals surface area contributed by atoms with E-state index in [1.165, 1.54) is 18.4 Å². The molecule has 7 rings (SSSR count). The Balaban J connectivity index is 1.16. The predicted octanol–water partition coefficient (Wildman–Crippen LogP) is 4.11. The minimum atomic E-state index is -0.421. The van der Waals surface area contributed by atoms with E-state index in [-0.39, 0.29) is 6.03 Å². The van der Waals surface area contributed by atoms with E-state index in [2.05, 4.69) is 27.0 Å². The number of hydrogen-bond donors (Lipinski definition) is 2. The molecule has 5 heteroatoms. The molecule has 1 aromatic heterocycles. The Morgan fingerprint density at radius 1 is 1.11 bits per heavy atom. The molecule has 0 spiro atoms. The Morgan fingerprint density at radius 2 is 1.81 bits per heavy atom. The number of fused-ring (bicyclic) bond motifs is 2. The Bertz CT molecular complexity index is 705. The maximum absolute atomic E-state index is 13.3. The third-order valence-corrected chi connectivity index (χ3v) is 9.21. The first-order valence-corrected chi connectivity index (χ1v) is 11.9. The van der Waals surface area contributed by atoms with Crippen LogP contribution in [0.15, 0.2) is 16.8 Å². The number of thiophene rings is 1. The smallest absolute Gasteiger partial charge is 0.318 e. The highest BCUT2D eigenvalue weighted by Gasteiger charge is 2.55. The third-order valence-electron chi connectivity index (χ3n) is 8.51. The van der Waals surface area contributed by atoms with Gasteiger partial charge < -0.3 is 15.3 Å². The van der Waals surface area contributed by atoms with E-state index in [1.807, 2.05) is 0 Å². The van der Waals surface area contributed by atoms with Gasteiger partial charge in [0.15, 0.2) is 0 Å². The molecule has 2 aliphatic heterocycles. The summed E-state index contributed by atoms with van der Waals surface area (Å²) in [6, 6.07) is 3.58. The summed E-state index contributed by atoms with van der Waals surface area (Å²) in [5.41, 5.74) is 1.06.